The highest BCUT2D eigenvalue weighted by Gasteiger charge is 2.25. The highest BCUT2D eigenvalue weighted by atomic mass is 16.4. The molecular weight excluding hydrogens is 518 g/mol. The molecule has 0 aliphatic rings. The monoisotopic (exact) mass is 555 g/mol. The maximum atomic E-state index is 12.9. The van der Waals surface area contributed by atoms with Crippen LogP contribution in [0.4, 0.5) is 0 Å². The highest BCUT2D eigenvalue weighted by Crippen LogP contribution is 2.11. The summed E-state index contributed by atoms with van der Waals surface area (Å²) in [4.78, 5) is 61.5. The molecule has 2 rings (SSSR count). The largest absolute Gasteiger partial charge is 0.508 e. The van der Waals surface area contributed by atoms with Crippen LogP contribution in [0.1, 0.15) is 31.4 Å². The lowest BCUT2D eigenvalue weighted by Gasteiger charge is -2.21. The molecule has 0 aromatic heterocycles. The Hall–Kier alpha value is -4.45. The van der Waals surface area contributed by atoms with E-state index in [0.717, 1.165) is 5.56 Å². The fraction of sp³-hybridized carbons (Fsp3) is 0.393. The van der Waals surface area contributed by atoms with Crippen LogP contribution in [0.15, 0.2) is 54.6 Å². The van der Waals surface area contributed by atoms with Crippen LogP contribution in [-0.2, 0) is 36.8 Å². The van der Waals surface area contributed by atoms with Gasteiger partial charge in [-0.2, -0.15) is 0 Å². The number of benzene rings is 2. The number of amides is 4. The van der Waals surface area contributed by atoms with E-state index in [1.807, 2.05) is 19.9 Å². The third-order valence-electron chi connectivity index (χ3n) is 5.86. The Labute approximate surface area is 232 Å². The minimum Gasteiger partial charge on any atom is -0.508 e. The van der Waals surface area contributed by atoms with Gasteiger partial charge in [-0.15, -0.1) is 0 Å². The van der Waals surface area contributed by atoms with Crippen molar-refractivity contribution in [2.24, 2.45) is 11.7 Å². The molecule has 8 N–H and O–H groups in total. The fourth-order valence-electron chi connectivity index (χ4n) is 3.80. The van der Waals surface area contributed by atoms with Crippen molar-refractivity contribution >= 4 is 29.6 Å². The predicted octanol–water partition coefficient (Wildman–Crippen LogP) is -0.163. The average Bonchev–Trinajstić information content (AvgIpc) is 2.91. The second-order valence-corrected chi connectivity index (χ2v) is 9.81. The SMILES string of the molecule is CC(C)C[C@@H](N)C(=O)N[C@@H](Cc1ccccc1)C(=O)NCC(=O)NCC(=O)N[C@@H](Cc1ccc(O)cc1)C(=O)O. The molecular formula is C28H37N5O7. The molecule has 3 atom stereocenters. The third kappa shape index (κ3) is 11.5. The van der Waals surface area contributed by atoms with Crippen molar-refractivity contribution in [3.8, 4) is 5.75 Å². The Morgan fingerprint density at radius 2 is 1.32 bits per heavy atom. The molecule has 0 fully saturated rings. The van der Waals surface area contributed by atoms with Gasteiger partial charge < -0.3 is 37.2 Å². The first-order valence-electron chi connectivity index (χ1n) is 12.9. The van der Waals surface area contributed by atoms with Crippen LogP contribution >= 0.6 is 0 Å². The summed E-state index contributed by atoms with van der Waals surface area (Å²) < 4.78 is 0. The lowest BCUT2D eigenvalue weighted by Crippen LogP contribution is -2.54. The normalized spacial score (nSPS) is 13.0. The topological polar surface area (TPSA) is 200 Å². The summed E-state index contributed by atoms with van der Waals surface area (Å²) in [6.07, 6.45) is 0.586. The molecule has 2 aromatic carbocycles. The number of carbonyl (C=O) groups is 5. The van der Waals surface area contributed by atoms with Gasteiger partial charge in [-0.05, 0) is 35.6 Å². The summed E-state index contributed by atoms with van der Waals surface area (Å²) in [6.45, 7) is 2.87. The summed E-state index contributed by atoms with van der Waals surface area (Å²) in [6, 6.07) is 11.9. The van der Waals surface area contributed by atoms with E-state index in [9.17, 15) is 34.2 Å². The van der Waals surface area contributed by atoms with Gasteiger partial charge in [-0.25, -0.2) is 4.79 Å². The Morgan fingerprint density at radius 3 is 1.93 bits per heavy atom. The molecule has 0 saturated carbocycles. The Bertz CT molecular complexity index is 1160. The van der Waals surface area contributed by atoms with E-state index in [1.54, 1.807) is 24.3 Å². The second kappa shape index (κ2) is 15.8. The molecule has 40 heavy (non-hydrogen) atoms. The zero-order valence-electron chi connectivity index (χ0n) is 22.6. The lowest BCUT2D eigenvalue weighted by atomic mass is 10.0. The van der Waals surface area contributed by atoms with Crippen molar-refractivity contribution in [3.05, 3.63) is 65.7 Å². The number of phenolic OH excluding ortho intramolecular Hbond substituents is 1. The van der Waals surface area contributed by atoms with Crippen LogP contribution in [0.25, 0.3) is 0 Å². The number of carboxylic acid groups (broad SMARTS) is 1. The summed E-state index contributed by atoms with van der Waals surface area (Å²) in [5, 5.41) is 28.5. The van der Waals surface area contributed by atoms with E-state index < -0.39 is 60.8 Å². The molecule has 12 nitrogen and oxygen atoms in total. The Morgan fingerprint density at radius 1 is 0.750 bits per heavy atom. The molecule has 2 aromatic rings. The summed E-state index contributed by atoms with van der Waals surface area (Å²) in [5.41, 5.74) is 7.34. The number of nitrogens with one attached hydrogen (secondary N) is 4. The molecule has 0 saturated heterocycles. The van der Waals surface area contributed by atoms with Crippen LogP contribution < -0.4 is 27.0 Å². The van der Waals surface area contributed by atoms with Crippen molar-refractivity contribution in [1.29, 1.82) is 0 Å². The molecule has 216 valence electrons. The van der Waals surface area contributed by atoms with Gasteiger partial charge in [0.2, 0.25) is 23.6 Å². The van der Waals surface area contributed by atoms with Crippen LogP contribution in [0.5, 0.6) is 5.75 Å². The molecule has 0 spiro atoms. The maximum Gasteiger partial charge on any atom is 0.326 e. The fourth-order valence-corrected chi connectivity index (χ4v) is 3.80. The molecule has 12 heteroatoms. The molecule has 0 heterocycles. The first-order chi connectivity index (χ1) is 18.9. The second-order valence-electron chi connectivity index (χ2n) is 9.81. The number of carbonyl (C=O) groups excluding carboxylic acids is 4. The lowest BCUT2D eigenvalue weighted by molar-refractivity contribution is -0.141. The van der Waals surface area contributed by atoms with E-state index in [2.05, 4.69) is 21.3 Å². The van der Waals surface area contributed by atoms with E-state index in [-0.39, 0.29) is 24.5 Å². The standard InChI is InChI=1S/C28H37N5O7/c1-17(2)12-21(29)26(37)33-22(13-18-6-4-3-5-7-18)27(38)31-15-24(35)30-16-25(36)32-23(28(39)40)14-19-8-10-20(34)11-9-19/h3-11,17,21-23,34H,12-16,29H2,1-2H3,(H,30,35)(H,31,38)(H,32,36)(H,33,37)(H,39,40)/t21-,22+,23+/m1/s1. The highest BCUT2D eigenvalue weighted by molar-refractivity contribution is 5.93. The minimum atomic E-state index is -1.26. The number of rotatable bonds is 15. The van der Waals surface area contributed by atoms with Crippen LogP contribution in [0, 0.1) is 5.92 Å². The number of aliphatic carboxylic acids is 1. The number of hydrogen-bond acceptors (Lipinski definition) is 7. The van der Waals surface area contributed by atoms with Crippen molar-refractivity contribution < 1.29 is 34.2 Å². The van der Waals surface area contributed by atoms with Crippen molar-refractivity contribution in [3.63, 3.8) is 0 Å². The van der Waals surface area contributed by atoms with Crippen LogP contribution in [0.3, 0.4) is 0 Å². The van der Waals surface area contributed by atoms with Gasteiger partial charge in [0.1, 0.15) is 17.8 Å². The van der Waals surface area contributed by atoms with Crippen molar-refractivity contribution in [2.75, 3.05) is 13.1 Å². The number of carboxylic acids is 1. The van der Waals surface area contributed by atoms with Crippen LogP contribution in [-0.4, -0.2) is 71.0 Å². The van der Waals surface area contributed by atoms with Crippen molar-refractivity contribution in [2.45, 2.75) is 51.2 Å². The summed E-state index contributed by atoms with van der Waals surface area (Å²) in [7, 11) is 0. The van der Waals surface area contributed by atoms with Gasteiger partial charge in [0.05, 0.1) is 19.1 Å². The predicted molar refractivity (Wildman–Crippen MR) is 147 cm³/mol. The van der Waals surface area contributed by atoms with E-state index in [1.165, 1.54) is 24.3 Å². The maximum absolute atomic E-state index is 12.9. The Balaban J connectivity index is 1.88. The Kier molecular flexibility index (Phi) is 12.6. The smallest absolute Gasteiger partial charge is 0.326 e. The number of aromatic hydroxyl groups is 1. The third-order valence-corrected chi connectivity index (χ3v) is 5.86. The number of hydrogen-bond donors (Lipinski definition) is 7. The summed E-state index contributed by atoms with van der Waals surface area (Å²) >= 11 is 0. The van der Waals surface area contributed by atoms with E-state index in [4.69, 9.17) is 5.73 Å². The number of phenols is 1. The quantitative estimate of drug-likeness (QED) is 0.157. The van der Waals surface area contributed by atoms with E-state index >= 15 is 0 Å². The molecule has 0 bridgehead atoms. The molecule has 0 aliphatic carbocycles. The minimum absolute atomic E-state index is 0.0259. The van der Waals surface area contributed by atoms with Gasteiger partial charge in [0.15, 0.2) is 0 Å². The van der Waals surface area contributed by atoms with Crippen molar-refractivity contribution in [1.82, 2.24) is 21.3 Å². The van der Waals surface area contributed by atoms with Gasteiger partial charge in [0.25, 0.3) is 0 Å². The molecule has 0 radical (unpaired) electrons. The van der Waals surface area contributed by atoms with Crippen LogP contribution in [0.2, 0.25) is 0 Å². The molecule has 4 amide bonds. The van der Waals surface area contributed by atoms with Gasteiger partial charge >= 0.3 is 5.97 Å². The molecule has 0 unspecified atom stereocenters. The average molecular weight is 556 g/mol. The molecule has 0 aliphatic heterocycles. The zero-order chi connectivity index (χ0) is 29.7. The number of nitrogens with two attached hydrogens (primary N) is 1. The zero-order valence-corrected chi connectivity index (χ0v) is 22.6. The van der Waals surface area contributed by atoms with Gasteiger partial charge in [-0.3, -0.25) is 19.2 Å². The van der Waals surface area contributed by atoms with Gasteiger partial charge in [-0.1, -0.05) is 56.3 Å². The van der Waals surface area contributed by atoms with E-state index in [0.29, 0.717) is 12.0 Å². The summed E-state index contributed by atoms with van der Waals surface area (Å²) in [5.74, 6) is -3.56. The first-order valence-corrected chi connectivity index (χ1v) is 12.9. The first kappa shape index (κ1) is 31.8. The van der Waals surface area contributed by atoms with Gasteiger partial charge in [0, 0.05) is 12.8 Å².